The van der Waals surface area contributed by atoms with Gasteiger partial charge in [0.15, 0.2) is 0 Å². The number of hydrogen-bond donors (Lipinski definition) is 1. The third kappa shape index (κ3) is 3.69. The maximum absolute atomic E-state index is 13.4. The first kappa shape index (κ1) is 16.6. The van der Waals surface area contributed by atoms with Crippen LogP contribution in [0.5, 0.6) is 0 Å². The fourth-order valence-electron chi connectivity index (χ4n) is 2.25. The van der Waals surface area contributed by atoms with E-state index in [9.17, 15) is 22.0 Å². The molecule has 1 aliphatic rings. The molecule has 1 unspecified atom stereocenters. The largest absolute Gasteiger partial charge is 0.324 e. The van der Waals surface area contributed by atoms with Gasteiger partial charge in [-0.3, -0.25) is 4.79 Å². The zero-order valence-corrected chi connectivity index (χ0v) is 14.0. The van der Waals surface area contributed by atoms with Gasteiger partial charge in [0, 0.05) is 12.2 Å². The van der Waals surface area contributed by atoms with E-state index in [1.165, 1.54) is 22.6 Å². The second-order valence-corrected chi connectivity index (χ2v) is 7.79. The lowest BCUT2D eigenvalue weighted by atomic mass is 10.2. The van der Waals surface area contributed by atoms with E-state index >= 15 is 0 Å². The Morgan fingerprint density at radius 3 is 2.48 bits per heavy atom. The maximum Gasteiger partial charge on any atom is 0.242 e. The van der Waals surface area contributed by atoms with Crippen molar-refractivity contribution in [3.8, 4) is 0 Å². The number of rotatable bonds is 3. The van der Waals surface area contributed by atoms with Crippen molar-refractivity contribution in [2.45, 2.75) is 18.9 Å². The Hall–Kier alpha value is -0.810. The molecule has 0 aliphatic carbocycles. The average molecular weight is 430 g/mol. The molecule has 0 aromatic heterocycles. The van der Waals surface area contributed by atoms with E-state index in [1.54, 1.807) is 0 Å². The second-order valence-electron chi connectivity index (χ2n) is 4.77. The number of benzene rings is 1. The molecule has 0 radical (unpaired) electrons. The van der Waals surface area contributed by atoms with Gasteiger partial charge in [0.25, 0.3) is 0 Å². The van der Waals surface area contributed by atoms with Gasteiger partial charge in [-0.15, -0.1) is 0 Å². The normalized spacial score (nSPS) is 19.7. The molecule has 1 fully saturated rings. The third-order valence-electron chi connectivity index (χ3n) is 3.18. The number of sulfonamides is 1. The highest BCUT2D eigenvalue weighted by atomic mass is 127. The number of hydrogen-bond acceptors (Lipinski definition) is 3. The molecule has 9 heteroatoms. The van der Waals surface area contributed by atoms with Gasteiger partial charge < -0.3 is 5.32 Å². The zero-order chi connectivity index (χ0) is 15.8. The van der Waals surface area contributed by atoms with Crippen LogP contribution in [0.4, 0.5) is 14.5 Å². The minimum Gasteiger partial charge on any atom is -0.324 e. The van der Waals surface area contributed by atoms with E-state index in [0.29, 0.717) is 12.8 Å². The van der Waals surface area contributed by atoms with Crippen LogP contribution in [0.15, 0.2) is 12.1 Å². The standard InChI is InChI=1S/C12H13F2IN2O3S/c1-21(19,20)17-4-2-3-10(17)12(18)16-7-5-8(13)11(15)9(14)6-7/h5-6,10H,2-4H2,1H3,(H,16,18). The number of amides is 1. The van der Waals surface area contributed by atoms with Crippen molar-refractivity contribution in [3.63, 3.8) is 0 Å². The Bertz CT molecular complexity index is 658. The summed E-state index contributed by atoms with van der Waals surface area (Å²) in [4.78, 5) is 12.1. The van der Waals surface area contributed by atoms with Crippen LogP contribution < -0.4 is 5.32 Å². The first-order chi connectivity index (χ1) is 9.70. The molecule has 0 spiro atoms. The summed E-state index contributed by atoms with van der Waals surface area (Å²) < 4.78 is 51.0. The minimum atomic E-state index is -3.49. The maximum atomic E-state index is 13.4. The summed E-state index contributed by atoms with van der Waals surface area (Å²) in [5.74, 6) is -2.15. The summed E-state index contributed by atoms with van der Waals surface area (Å²) in [6, 6.07) is 1.16. The SMILES string of the molecule is CS(=O)(=O)N1CCCC1C(=O)Nc1cc(F)c(I)c(F)c1. The highest BCUT2D eigenvalue weighted by Gasteiger charge is 2.36. The van der Waals surface area contributed by atoms with Crippen molar-refractivity contribution in [2.75, 3.05) is 18.1 Å². The van der Waals surface area contributed by atoms with Crippen LogP contribution in [0.2, 0.25) is 0 Å². The predicted octanol–water partition coefficient (Wildman–Crippen LogP) is 1.93. The summed E-state index contributed by atoms with van der Waals surface area (Å²) in [6.07, 6.45) is 1.98. The van der Waals surface area contributed by atoms with Crippen molar-refractivity contribution < 1.29 is 22.0 Å². The van der Waals surface area contributed by atoms with Crippen LogP contribution >= 0.6 is 22.6 Å². The lowest BCUT2D eigenvalue weighted by Gasteiger charge is -2.21. The lowest BCUT2D eigenvalue weighted by molar-refractivity contribution is -0.119. The number of anilines is 1. The molecule has 1 aromatic rings. The molecular formula is C12H13F2IN2O3S. The van der Waals surface area contributed by atoms with Crippen molar-refractivity contribution in [1.82, 2.24) is 4.31 Å². The molecule has 0 bridgehead atoms. The van der Waals surface area contributed by atoms with E-state index in [2.05, 4.69) is 5.32 Å². The van der Waals surface area contributed by atoms with E-state index < -0.39 is 33.6 Å². The zero-order valence-electron chi connectivity index (χ0n) is 11.1. The molecule has 21 heavy (non-hydrogen) atoms. The minimum absolute atomic E-state index is 0.0317. The summed E-state index contributed by atoms with van der Waals surface area (Å²) in [7, 11) is -3.49. The number of carbonyl (C=O) groups excluding carboxylic acids is 1. The van der Waals surface area contributed by atoms with E-state index in [0.717, 1.165) is 22.7 Å². The van der Waals surface area contributed by atoms with Gasteiger partial charge in [0.1, 0.15) is 17.7 Å². The van der Waals surface area contributed by atoms with Gasteiger partial charge in [-0.2, -0.15) is 4.31 Å². The summed E-state index contributed by atoms with van der Waals surface area (Å²) in [5.41, 5.74) is -0.0317. The Morgan fingerprint density at radius 1 is 1.38 bits per heavy atom. The third-order valence-corrected chi connectivity index (χ3v) is 5.50. The van der Waals surface area contributed by atoms with E-state index in [4.69, 9.17) is 0 Å². The Balaban J connectivity index is 2.18. The quantitative estimate of drug-likeness (QED) is 0.589. The molecule has 1 N–H and O–H groups in total. The molecular weight excluding hydrogens is 417 g/mol. The van der Waals surface area contributed by atoms with Crippen LogP contribution in [0.1, 0.15) is 12.8 Å². The van der Waals surface area contributed by atoms with Gasteiger partial charge >= 0.3 is 0 Å². The lowest BCUT2D eigenvalue weighted by Crippen LogP contribution is -2.42. The fraction of sp³-hybridized carbons (Fsp3) is 0.417. The highest BCUT2D eigenvalue weighted by molar-refractivity contribution is 14.1. The molecule has 1 atom stereocenters. The molecule has 1 amide bonds. The van der Waals surface area contributed by atoms with Gasteiger partial charge in [-0.1, -0.05) is 0 Å². The van der Waals surface area contributed by atoms with Gasteiger partial charge in [0.05, 0.1) is 9.83 Å². The molecule has 5 nitrogen and oxygen atoms in total. The van der Waals surface area contributed by atoms with Gasteiger partial charge in [-0.05, 0) is 47.6 Å². The first-order valence-corrected chi connectivity index (χ1v) is 9.05. The smallest absolute Gasteiger partial charge is 0.242 e. The van der Waals surface area contributed by atoms with Crippen LogP contribution in [-0.2, 0) is 14.8 Å². The van der Waals surface area contributed by atoms with E-state index in [-0.39, 0.29) is 15.8 Å². The Morgan fingerprint density at radius 2 is 1.95 bits per heavy atom. The molecule has 2 rings (SSSR count). The molecule has 1 aliphatic heterocycles. The average Bonchev–Trinajstić information content (AvgIpc) is 2.84. The van der Waals surface area contributed by atoms with E-state index in [1.807, 2.05) is 0 Å². The van der Waals surface area contributed by atoms with Crippen LogP contribution in [0.25, 0.3) is 0 Å². The van der Waals surface area contributed by atoms with Crippen LogP contribution in [0, 0.1) is 15.2 Å². The molecule has 116 valence electrons. The van der Waals surface area contributed by atoms with Crippen molar-refractivity contribution in [1.29, 1.82) is 0 Å². The van der Waals surface area contributed by atoms with Crippen LogP contribution in [0.3, 0.4) is 0 Å². The van der Waals surface area contributed by atoms with Crippen LogP contribution in [-0.4, -0.2) is 37.5 Å². The number of nitrogens with zero attached hydrogens (tertiary/aromatic N) is 1. The molecule has 1 saturated heterocycles. The predicted molar refractivity (Wildman–Crippen MR) is 82.3 cm³/mol. The van der Waals surface area contributed by atoms with Crippen molar-refractivity contribution in [2.24, 2.45) is 0 Å². The number of halogens is 3. The second kappa shape index (κ2) is 6.13. The monoisotopic (exact) mass is 430 g/mol. The molecule has 1 heterocycles. The highest BCUT2D eigenvalue weighted by Crippen LogP contribution is 2.24. The first-order valence-electron chi connectivity index (χ1n) is 6.12. The Labute approximate surface area is 134 Å². The molecule has 1 aromatic carbocycles. The fourth-order valence-corrected chi connectivity index (χ4v) is 3.69. The number of carbonyl (C=O) groups is 1. The van der Waals surface area contributed by atoms with Gasteiger partial charge in [-0.25, -0.2) is 17.2 Å². The topological polar surface area (TPSA) is 66.5 Å². The number of nitrogens with one attached hydrogen (secondary N) is 1. The Kier molecular flexibility index (Phi) is 4.83. The molecule has 0 saturated carbocycles. The van der Waals surface area contributed by atoms with Gasteiger partial charge in [0.2, 0.25) is 15.9 Å². The summed E-state index contributed by atoms with van der Waals surface area (Å²) in [5, 5.41) is 2.37. The summed E-state index contributed by atoms with van der Waals surface area (Å²) in [6.45, 7) is 0.270. The van der Waals surface area contributed by atoms with Crippen molar-refractivity contribution in [3.05, 3.63) is 27.3 Å². The van der Waals surface area contributed by atoms with Crippen molar-refractivity contribution >= 4 is 44.2 Å². The summed E-state index contributed by atoms with van der Waals surface area (Å²) >= 11 is 1.52.